The fourth-order valence-electron chi connectivity index (χ4n) is 2.51. The van der Waals surface area contributed by atoms with E-state index in [1.165, 1.54) is 19.4 Å². The molecule has 0 aliphatic heterocycles. The van der Waals surface area contributed by atoms with E-state index in [1.54, 1.807) is 29.2 Å². The second kappa shape index (κ2) is 8.94. The molecule has 0 radical (unpaired) electrons. The molecule has 0 saturated carbocycles. The highest BCUT2D eigenvalue weighted by molar-refractivity contribution is 5.95. The van der Waals surface area contributed by atoms with Gasteiger partial charge in [-0.2, -0.15) is 0 Å². The Hall–Kier alpha value is -2.95. The maximum atomic E-state index is 12.1. The minimum absolute atomic E-state index is 0.0175. The Kier molecular flexibility index (Phi) is 6.67. The number of carbonyl (C=O) groups excluding carboxylic acids is 3. The lowest BCUT2D eigenvalue weighted by Crippen LogP contribution is -2.31. The van der Waals surface area contributed by atoms with Crippen LogP contribution in [0.4, 0.5) is 5.69 Å². The van der Waals surface area contributed by atoms with Crippen LogP contribution in [0.2, 0.25) is 0 Å². The summed E-state index contributed by atoms with van der Waals surface area (Å²) in [5, 5.41) is 2.79. The number of hydrogen-bond donors (Lipinski definition) is 1. The molecule has 0 atom stereocenters. The van der Waals surface area contributed by atoms with E-state index in [9.17, 15) is 14.4 Å². The standard InChI is InChI=1S/C21H24N2O3/c1-15-4-6-18(7-5-15)14-23(17(3)25)13-12-21(26)22-20-10-8-19(9-11-20)16(2)24/h4-11H,12-14H2,1-3H3,(H,22,26). The number of anilines is 1. The molecule has 0 aliphatic rings. The minimum Gasteiger partial charge on any atom is -0.338 e. The highest BCUT2D eigenvalue weighted by Gasteiger charge is 2.12. The van der Waals surface area contributed by atoms with Crippen molar-refractivity contribution < 1.29 is 14.4 Å². The van der Waals surface area contributed by atoms with E-state index in [-0.39, 0.29) is 24.0 Å². The largest absolute Gasteiger partial charge is 0.338 e. The van der Waals surface area contributed by atoms with Gasteiger partial charge in [0.2, 0.25) is 11.8 Å². The molecular formula is C21H24N2O3. The van der Waals surface area contributed by atoms with Crippen LogP contribution in [-0.2, 0) is 16.1 Å². The molecule has 2 aromatic rings. The Morgan fingerprint density at radius 1 is 0.923 bits per heavy atom. The number of nitrogens with zero attached hydrogens (tertiary/aromatic N) is 1. The fraction of sp³-hybridized carbons (Fsp3) is 0.286. The quantitative estimate of drug-likeness (QED) is 0.775. The van der Waals surface area contributed by atoms with E-state index >= 15 is 0 Å². The number of benzene rings is 2. The Balaban J connectivity index is 1.89. The van der Waals surface area contributed by atoms with Gasteiger partial charge in [0.15, 0.2) is 5.78 Å². The van der Waals surface area contributed by atoms with Crippen molar-refractivity contribution in [2.75, 3.05) is 11.9 Å². The Labute approximate surface area is 154 Å². The molecule has 2 aromatic carbocycles. The van der Waals surface area contributed by atoms with Crippen LogP contribution >= 0.6 is 0 Å². The number of rotatable bonds is 7. The number of hydrogen-bond acceptors (Lipinski definition) is 3. The number of ketones is 1. The maximum absolute atomic E-state index is 12.1. The summed E-state index contributed by atoms with van der Waals surface area (Å²) in [7, 11) is 0. The Morgan fingerprint density at radius 2 is 1.54 bits per heavy atom. The molecular weight excluding hydrogens is 328 g/mol. The summed E-state index contributed by atoms with van der Waals surface area (Å²) in [6.07, 6.45) is 0.208. The molecule has 0 aromatic heterocycles. The first-order valence-corrected chi connectivity index (χ1v) is 8.57. The summed E-state index contributed by atoms with van der Waals surface area (Å²) >= 11 is 0. The van der Waals surface area contributed by atoms with Crippen LogP contribution < -0.4 is 5.32 Å². The van der Waals surface area contributed by atoms with Gasteiger partial charge in [0.1, 0.15) is 0 Å². The topological polar surface area (TPSA) is 66.5 Å². The van der Waals surface area contributed by atoms with Gasteiger partial charge in [-0.25, -0.2) is 0 Å². The lowest BCUT2D eigenvalue weighted by molar-refractivity contribution is -0.129. The third-order valence-corrected chi connectivity index (χ3v) is 4.12. The van der Waals surface area contributed by atoms with Crippen molar-refractivity contribution in [3.05, 3.63) is 65.2 Å². The third kappa shape index (κ3) is 5.84. The zero-order valence-corrected chi connectivity index (χ0v) is 15.4. The Bertz CT molecular complexity index is 780. The highest BCUT2D eigenvalue weighted by atomic mass is 16.2. The van der Waals surface area contributed by atoms with Crippen LogP contribution in [0.1, 0.15) is 41.8 Å². The van der Waals surface area contributed by atoms with Gasteiger partial charge in [-0.15, -0.1) is 0 Å². The lowest BCUT2D eigenvalue weighted by atomic mass is 10.1. The van der Waals surface area contributed by atoms with Gasteiger partial charge in [-0.1, -0.05) is 29.8 Å². The van der Waals surface area contributed by atoms with E-state index in [4.69, 9.17) is 0 Å². The van der Waals surface area contributed by atoms with Crippen molar-refractivity contribution in [3.63, 3.8) is 0 Å². The summed E-state index contributed by atoms with van der Waals surface area (Å²) in [6, 6.07) is 14.7. The van der Waals surface area contributed by atoms with E-state index in [1.807, 2.05) is 31.2 Å². The zero-order chi connectivity index (χ0) is 19.1. The molecule has 0 saturated heterocycles. The van der Waals surface area contributed by atoms with Gasteiger partial charge in [0, 0.05) is 37.7 Å². The van der Waals surface area contributed by atoms with Gasteiger partial charge in [0.25, 0.3) is 0 Å². The molecule has 136 valence electrons. The van der Waals surface area contributed by atoms with Crippen molar-refractivity contribution in [1.82, 2.24) is 4.90 Å². The van der Waals surface area contributed by atoms with Crippen molar-refractivity contribution in [2.45, 2.75) is 33.7 Å². The van der Waals surface area contributed by atoms with Crippen LogP contribution in [0.5, 0.6) is 0 Å². The van der Waals surface area contributed by atoms with Gasteiger partial charge < -0.3 is 10.2 Å². The predicted octanol–water partition coefficient (Wildman–Crippen LogP) is 3.57. The normalized spacial score (nSPS) is 10.3. The van der Waals surface area contributed by atoms with E-state index in [2.05, 4.69) is 5.32 Å². The SMILES string of the molecule is CC(=O)c1ccc(NC(=O)CCN(Cc2ccc(C)cc2)C(C)=O)cc1. The monoisotopic (exact) mass is 352 g/mol. The van der Waals surface area contributed by atoms with E-state index < -0.39 is 0 Å². The average Bonchev–Trinajstić information content (AvgIpc) is 2.60. The van der Waals surface area contributed by atoms with Crippen LogP contribution in [-0.4, -0.2) is 29.0 Å². The summed E-state index contributed by atoms with van der Waals surface area (Å²) in [6.45, 7) is 5.85. The zero-order valence-electron chi connectivity index (χ0n) is 15.4. The number of amides is 2. The summed E-state index contributed by atoms with van der Waals surface area (Å²) in [4.78, 5) is 36.9. The highest BCUT2D eigenvalue weighted by Crippen LogP contribution is 2.11. The number of aryl methyl sites for hydroxylation is 1. The lowest BCUT2D eigenvalue weighted by Gasteiger charge is -2.21. The second-order valence-electron chi connectivity index (χ2n) is 6.36. The molecule has 2 rings (SSSR count). The van der Waals surface area contributed by atoms with Crippen LogP contribution in [0, 0.1) is 6.92 Å². The van der Waals surface area contributed by atoms with Gasteiger partial charge >= 0.3 is 0 Å². The van der Waals surface area contributed by atoms with Crippen molar-refractivity contribution >= 4 is 23.3 Å². The molecule has 2 amide bonds. The van der Waals surface area contributed by atoms with Crippen LogP contribution in [0.3, 0.4) is 0 Å². The first-order valence-electron chi connectivity index (χ1n) is 8.57. The average molecular weight is 352 g/mol. The molecule has 0 fully saturated rings. The molecule has 0 unspecified atom stereocenters. The smallest absolute Gasteiger partial charge is 0.226 e. The number of nitrogens with one attached hydrogen (secondary N) is 1. The molecule has 5 heteroatoms. The number of carbonyl (C=O) groups is 3. The van der Waals surface area contributed by atoms with Crippen molar-refractivity contribution in [1.29, 1.82) is 0 Å². The molecule has 26 heavy (non-hydrogen) atoms. The molecule has 0 spiro atoms. The third-order valence-electron chi connectivity index (χ3n) is 4.12. The van der Waals surface area contributed by atoms with Gasteiger partial charge in [0.05, 0.1) is 0 Å². The first kappa shape index (κ1) is 19.4. The van der Waals surface area contributed by atoms with Gasteiger partial charge in [-0.05, 0) is 43.7 Å². The molecule has 5 nitrogen and oxygen atoms in total. The van der Waals surface area contributed by atoms with E-state index in [0.717, 1.165) is 5.56 Å². The first-order chi connectivity index (χ1) is 12.3. The molecule has 0 aliphatic carbocycles. The van der Waals surface area contributed by atoms with Gasteiger partial charge in [-0.3, -0.25) is 14.4 Å². The number of Topliss-reactive ketones (excluding diaryl/α,β-unsaturated/α-hetero) is 1. The summed E-state index contributed by atoms with van der Waals surface area (Å²) in [5.74, 6) is -0.254. The summed E-state index contributed by atoms with van der Waals surface area (Å²) < 4.78 is 0. The molecule has 0 bridgehead atoms. The maximum Gasteiger partial charge on any atom is 0.226 e. The summed E-state index contributed by atoms with van der Waals surface area (Å²) in [5.41, 5.74) is 3.43. The van der Waals surface area contributed by atoms with Crippen molar-refractivity contribution in [2.24, 2.45) is 0 Å². The molecule has 1 N–H and O–H groups in total. The van der Waals surface area contributed by atoms with Crippen LogP contribution in [0.15, 0.2) is 48.5 Å². The Morgan fingerprint density at radius 3 is 2.08 bits per heavy atom. The van der Waals surface area contributed by atoms with Crippen LogP contribution in [0.25, 0.3) is 0 Å². The van der Waals surface area contributed by atoms with E-state index in [0.29, 0.717) is 24.3 Å². The molecule has 0 heterocycles. The predicted molar refractivity (Wildman–Crippen MR) is 102 cm³/mol. The second-order valence-corrected chi connectivity index (χ2v) is 6.36. The minimum atomic E-state index is -0.171. The fourth-order valence-corrected chi connectivity index (χ4v) is 2.51. The van der Waals surface area contributed by atoms with Crippen molar-refractivity contribution in [3.8, 4) is 0 Å².